The minimum atomic E-state index is -0.325. The maximum Gasteiger partial charge on any atom is 0.256 e. The molecule has 1 fully saturated rings. The van der Waals surface area contributed by atoms with Crippen LogP contribution in [0, 0.1) is 5.82 Å². The standard InChI is InChI=1S/C17H16FNO.C7H14N2O2/c1-9-6-12(11(3)10(9)2)7-15-14-8-13(18)4-5-16(14)19-17(15)20;10-7-8-1-2-9-3-5-11-6-4-9/h4-5,7-8H,6H2,1-3H3,(H,19,20);7H,1-6H2,(H,8,10)/b15-7-;. The number of anilines is 1. The van der Waals surface area contributed by atoms with E-state index in [1.807, 2.05) is 6.08 Å². The van der Waals surface area contributed by atoms with Gasteiger partial charge in [0.25, 0.3) is 5.91 Å². The number of carbonyl (C=O) groups is 2. The molecule has 0 bridgehead atoms. The summed E-state index contributed by atoms with van der Waals surface area (Å²) in [7, 11) is 0. The van der Waals surface area contributed by atoms with Crippen LogP contribution in [0.15, 0.2) is 46.6 Å². The van der Waals surface area contributed by atoms with Crippen molar-refractivity contribution >= 4 is 23.6 Å². The quantitative estimate of drug-likeness (QED) is 0.430. The molecular weight excluding hydrogens is 397 g/mol. The maximum absolute atomic E-state index is 13.4. The molecule has 3 aliphatic rings. The van der Waals surface area contributed by atoms with Gasteiger partial charge in [0, 0.05) is 43.0 Å². The Kier molecular flexibility index (Phi) is 7.76. The largest absolute Gasteiger partial charge is 0.379 e. The van der Waals surface area contributed by atoms with Crippen molar-refractivity contribution in [2.45, 2.75) is 27.2 Å². The first-order valence-electron chi connectivity index (χ1n) is 10.6. The van der Waals surface area contributed by atoms with Crippen LogP contribution in [0.3, 0.4) is 0 Å². The lowest BCUT2D eigenvalue weighted by molar-refractivity contribution is -0.111. The Bertz CT molecular complexity index is 943. The summed E-state index contributed by atoms with van der Waals surface area (Å²) in [5.74, 6) is -0.484. The van der Waals surface area contributed by atoms with Gasteiger partial charge in [0.1, 0.15) is 5.82 Å². The number of nitrogens with one attached hydrogen (secondary N) is 2. The summed E-state index contributed by atoms with van der Waals surface area (Å²) in [5.41, 5.74) is 6.85. The molecule has 2 aliphatic heterocycles. The molecule has 7 heteroatoms. The number of ether oxygens (including phenoxy) is 1. The number of carbonyl (C=O) groups excluding carboxylic acids is 2. The lowest BCUT2D eigenvalue weighted by Crippen LogP contribution is -2.40. The summed E-state index contributed by atoms with van der Waals surface area (Å²) in [5, 5.41) is 5.41. The highest BCUT2D eigenvalue weighted by molar-refractivity contribution is 6.31. The zero-order chi connectivity index (χ0) is 22.4. The summed E-state index contributed by atoms with van der Waals surface area (Å²) in [4.78, 5) is 24.2. The third kappa shape index (κ3) is 5.68. The number of hydrogen-bond donors (Lipinski definition) is 2. The van der Waals surface area contributed by atoms with Gasteiger partial charge in [0.2, 0.25) is 6.41 Å². The van der Waals surface area contributed by atoms with E-state index in [4.69, 9.17) is 4.74 Å². The number of nitrogens with zero attached hydrogens (tertiary/aromatic N) is 1. The van der Waals surface area contributed by atoms with E-state index >= 15 is 0 Å². The molecule has 6 nitrogen and oxygen atoms in total. The Balaban J connectivity index is 0.000000210. The summed E-state index contributed by atoms with van der Waals surface area (Å²) in [6, 6.07) is 4.38. The minimum Gasteiger partial charge on any atom is -0.379 e. The van der Waals surface area contributed by atoms with Gasteiger partial charge in [-0.15, -0.1) is 0 Å². The molecule has 0 aromatic heterocycles. The van der Waals surface area contributed by atoms with Crippen molar-refractivity contribution in [3.63, 3.8) is 0 Å². The van der Waals surface area contributed by atoms with Crippen molar-refractivity contribution in [2.75, 3.05) is 44.7 Å². The minimum absolute atomic E-state index is 0.159. The second-order valence-electron chi connectivity index (χ2n) is 7.96. The Labute approximate surface area is 182 Å². The number of fused-ring (bicyclic) bond motifs is 1. The molecule has 1 aromatic carbocycles. The molecule has 2 heterocycles. The first-order valence-corrected chi connectivity index (χ1v) is 10.6. The highest BCUT2D eigenvalue weighted by atomic mass is 19.1. The summed E-state index contributed by atoms with van der Waals surface area (Å²) >= 11 is 0. The highest BCUT2D eigenvalue weighted by Crippen LogP contribution is 2.37. The van der Waals surface area contributed by atoms with Crippen molar-refractivity contribution in [2.24, 2.45) is 0 Å². The molecule has 166 valence electrons. The van der Waals surface area contributed by atoms with E-state index in [9.17, 15) is 14.0 Å². The van der Waals surface area contributed by atoms with E-state index in [0.29, 0.717) is 16.8 Å². The van der Waals surface area contributed by atoms with Gasteiger partial charge in [0.15, 0.2) is 0 Å². The van der Waals surface area contributed by atoms with Crippen molar-refractivity contribution in [1.82, 2.24) is 10.2 Å². The second kappa shape index (κ2) is 10.5. The highest BCUT2D eigenvalue weighted by Gasteiger charge is 2.26. The smallest absolute Gasteiger partial charge is 0.256 e. The molecule has 4 rings (SSSR count). The average Bonchev–Trinajstić information content (AvgIpc) is 3.20. The Morgan fingerprint density at radius 2 is 1.94 bits per heavy atom. The molecule has 0 radical (unpaired) electrons. The Morgan fingerprint density at radius 3 is 2.58 bits per heavy atom. The molecule has 0 spiro atoms. The number of hydrogen-bond acceptors (Lipinski definition) is 4. The third-order valence-corrected chi connectivity index (χ3v) is 5.98. The molecule has 2 N–H and O–H groups in total. The number of benzene rings is 1. The topological polar surface area (TPSA) is 70.7 Å². The van der Waals surface area contributed by atoms with E-state index in [1.54, 1.807) is 6.07 Å². The van der Waals surface area contributed by atoms with Crippen LogP contribution in [0.4, 0.5) is 10.1 Å². The van der Waals surface area contributed by atoms with E-state index < -0.39 is 0 Å². The number of morpholine rings is 1. The molecule has 1 aliphatic carbocycles. The Morgan fingerprint density at radius 1 is 1.19 bits per heavy atom. The van der Waals surface area contributed by atoms with Gasteiger partial charge in [-0.1, -0.05) is 5.57 Å². The van der Waals surface area contributed by atoms with Crippen molar-refractivity contribution < 1.29 is 18.7 Å². The first kappa shape index (κ1) is 22.9. The number of amides is 2. The molecule has 0 saturated carbocycles. The van der Waals surface area contributed by atoms with E-state index in [0.717, 1.165) is 57.8 Å². The van der Waals surface area contributed by atoms with Crippen molar-refractivity contribution in [1.29, 1.82) is 0 Å². The lowest BCUT2D eigenvalue weighted by atomic mass is 10.0. The van der Waals surface area contributed by atoms with Gasteiger partial charge in [-0.3, -0.25) is 14.5 Å². The maximum atomic E-state index is 13.4. The lowest BCUT2D eigenvalue weighted by Gasteiger charge is -2.26. The molecule has 0 atom stereocenters. The molecular formula is C24H30FN3O3. The monoisotopic (exact) mass is 427 g/mol. The van der Waals surface area contributed by atoms with Crippen LogP contribution < -0.4 is 10.6 Å². The number of allylic oxidation sites excluding steroid dienone is 5. The SMILES string of the molecule is CC1=C(C)C(C)=C(/C=C2\C(=O)Nc3ccc(F)cc32)C1.O=CNCCN1CCOCC1. The first-order chi connectivity index (χ1) is 14.9. The van der Waals surface area contributed by atoms with Crippen LogP contribution in [-0.2, 0) is 14.3 Å². The van der Waals surface area contributed by atoms with Crippen LogP contribution in [0.2, 0.25) is 0 Å². The average molecular weight is 428 g/mol. The summed E-state index contributed by atoms with van der Waals surface area (Å²) < 4.78 is 18.6. The molecule has 0 unspecified atom stereocenters. The van der Waals surface area contributed by atoms with Gasteiger partial charge >= 0.3 is 0 Å². The third-order valence-electron chi connectivity index (χ3n) is 5.98. The van der Waals surface area contributed by atoms with Gasteiger partial charge in [-0.2, -0.15) is 0 Å². The van der Waals surface area contributed by atoms with Gasteiger partial charge < -0.3 is 15.4 Å². The van der Waals surface area contributed by atoms with Crippen LogP contribution in [0.1, 0.15) is 32.8 Å². The van der Waals surface area contributed by atoms with E-state index in [2.05, 4.69) is 36.3 Å². The molecule has 1 aromatic rings. The normalized spacial score (nSPS) is 19.9. The summed E-state index contributed by atoms with van der Waals surface area (Å²) in [6.45, 7) is 11.6. The van der Waals surface area contributed by atoms with Crippen molar-refractivity contribution in [3.8, 4) is 0 Å². The van der Waals surface area contributed by atoms with E-state index in [1.165, 1.54) is 28.9 Å². The fourth-order valence-electron chi connectivity index (χ4n) is 3.86. The van der Waals surface area contributed by atoms with Crippen LogP contribution in [0.5, 0.6) is 0 Å². The van der Waals surface area contributed by atoms with Crippen LogP contribution in [-0.4, -0.2) is 56.6 Å². The van der Waals surface area contributed by atoms with Gasteiger partial charge in [0.05, 0.1) is 13.2 Å². The number of halogens is 1. The fraction of sp³-hybridized carbons (Fsp3) is 0.417. The number of rotatable bonds is 5. The zero-order valence-corrected chi connectivity index (χ0v) is 18.4. The van der Waals surface area contributed by atoms with Crippen molar-refractivity contribution in [3.05, 3.63) is 57.9 Å². The second-order valence-corrected chi connectivity index (χ2v) is 7.96. The molecule has 2 amide bonds. The predicted molar refractivity (Wildman–Crippen MR) is 120 cm³/mol. The fourth-order valence-corrected chi connectivity index (χ4v) is 3.86. The van der Waals surface area contributed by atoms with E-state index in [-0.39, 0.29) is 11.7 Å². The Hall–Kier alpha value is -2.77. The van der Waals surface area contributed by atoms with Crippen LogP contribution in [0.25, 0.3) is 5.57 Å². The summed E-state index contributed by atoms with van der Waals surface area (Å²) in [6.07, 6.45) is 3.50. The molecule has 31 heavy (non-hydrogen) atoms. The molecule has 1 saturated heterocycles. The van der Waals surface area contributed by atoms with Crippen LogP contribution >= 0.6 is 0 Å². The predicted octanol–water partition coefficient (Wildman–Crippen LogP) is 3.28. The van der Waals surface area contributed by atoms with Gasteiger partial charge in [-0.05, 0) is 68.2 Å². The zero-order valence-electron chi connectivity index (χ0n) is 18.4. The van der Waals surface area contributed by atoms with Gasteiger partial charge in [-0.25, -0.2) is 4.39 Å².